The highest BCUT2D eigenvalue weighted by Crippen LogP contribution is 2.35. The largest absolute Gasteiger partial charge is 0.478 e. The predicted octanol–water partition coefficient (Wildman–Crippen LogP) is 8.63. The van der Waals surface area contributed by atoms with Crippen molar-refractivity contribution in [2.24, 2.45) is 5.92 Å². The Morgan fingerprint density at radius 3 is 2.45 bits per heavy atom. The molecule has 0 fully saturated rings. The molecule has 0 spiro atoms. The topological polar surface area (TPSA) is 37.3 Å². The van der Waals surface area contributed by atoms with Gasteiger partial charge < -0.3 is 5.11 Å². The molecule has 0 amide bonds. The molecule has 1 aliphatic rings. The molecule has 1 atom stereocenters. The average Bonchev–Trinajstić information content (AvgIpc) is 2.80. The summed E-state index contributed by atoms with van der Waals surface area (Å²) >= 11 is 0. The summed E-state index contributed by atoms with van der Waals surface area (Å²) in [6.45, 7) is 4.43. The van der Waals surface area contributed by atoms with Crippen LogP contribution >= 0.6 is 0 Å². The summed E-state index contributed by atoms with van der Waals surface area (Å²) in [5.41, 5.74) is 5.81. The molecule has 0 radical (unpaired) electrons. The number of hydrogen-bond acceptors (Lipinski definition) is 1. The quantitative estimate of drug-likeness (QED) is 0.393. The van der Waals surface area contributed by atoms with E-state index in [0.29, 0.717) is 5.56 Å². The van der Waals surface area contributed by atoms with E-state index in [2.05, 4.69) is 50.3 Å². The van der Waals surface area contributed by atoms with Gasteiger partial charge in [0.2, 0.25) is 0 Å². The predicted molar refractivity (Wildman–Crippen MR) is 132 cm³/mol. The van der Waals surface area contributed by atoms with Crippen LogP contribution in [0.5, 0.6) is 0 Å². The van der Waals surface area contributed by atoms with Gasteiger partial charge in [0, 0.05) is 0 Å². The number of carboxylic acid groups (broad SMARTS) is 1. The Bertz CT molecular complexity index is 918. The molecule has 0 saturated carbocycles. The molecule has 1 aliphatic carbocycles. The van der Waals surface area contributed by atoms with Crippen LogP contribution in [0.4, 0.5) is 0 Å². The van der Waals surface area contributed by atoms with Gasteiger partial charge >= 0.3 is 5.97 Å². The van der Waals surface area contributed by atoms with Gasteiger partial charge in [0.15, 0.2) is 0 Å². The van der Waals surface area contributed by atoms with E-state index in [9.17, 15) is 9.90 Å². The average molecular weight is 417 g/mol. The molecule has 0 bridgehead atoms. The van der Waals surface area contributed by atoms with Crippen molar-refractivity contribution in [3.63, 3.8) is 0 Å². The Morgan fingerprint density at radius 2 is 1.81 bits per heavy atom. The number of rotatable bonds is 10. The molecule has 0 heterocycles. The molecule has 1 unspecified atom stereocenters. The first kappa shape index (κ1) is 23.1. The first-order chi connectivity index (χ1) is 15.1. The van der Waals surface area contributed by atoms with Crippen molar-refractivity contribution >= 4 is 17.6 Å². The van der Waals surface area contributed by atoms with Crippen molar-refractivity contribution in [1.82, 2.24) is 0 Å². The number of aromatic carboxylic acids is 1. The summed E-state index contributed by atoms with van der Waals surface area (Å²) in [5, 5.41) is 9.74. The molecule has 2 aromatic rings. The van der Waals surface area contributed by atoms with Crippen molar-refractivity contribution in [2.45, 2.75) is 71.6 Å². The molecule has 3 rings (SSSR count). The minimum absolute atomic E-state index is 0.367. The second-order valence-electron chi connectivity index (χ2n) is 8.74. The maximum absolute atomic E-state index is 11.9. The minimum atomic E-state index is -0.873. The van der Waals surface area contributed by atoms with Gasteiger partial charge in [-0.25, -0.2) is 4.79 Å². The van der Waals surface area contributed by atoms with E-state index in [1.165, 1.54) is 43.2 Å². The molecule has 1 N–H and O–H groups in total. The third kappa shape index (κ3) is 6.43. The second kappa shape index (κ2) is 11.7. The number of carbonyl (C=O) groups is 1. The Balaban J connectivity index is 1.81. The SMILES string of the molecule is CCC/C=C/c1ccc(-c2cc(C3=CCC(CCCCC)CC3)ccc2C(=O)O)cc1. The van der Waals surface area contributed by atoms with E-state index in [1.54, 1.807) is 6.07 Å². The van der Waals surface area contributed by atoms with Crippen molar-refractivity contribution in [3.8, 4) is 11.1 Å². The van der Waals surface area contributed by atoms with Crippen molar-refractivity contribution in [3.05, 3.63) is 71.3 Å². The number of carboxylic acids is 1. The Morgan fingerprint density at radius 1 is 1.03 bits per heavy atom. The normalized spacial score (nSPS) is 16.5. The lowest BCUT2D eigenvalue weighted by molar-refractivity contribution is 0.0697. The lowest BCUT2D eigenvalue weighted by Gasteiger charge is -2.22. The number of benzene rings is 2. The van der Waals surface area contributed by atoms with Crippen molar-refractivity contribution in [1.29, 1.82) is 0 Å². The molecule has 164 valence electrons. The fourth-order valence-corrected chi connectivity index (χ4v) is 4.43. The van der Waals surface area contributed by atoms with E-state index in [4.69, 9.17) is 0 Å². The van der Waals surface area contributed by atoms with Crippen LogP contribution in [0, 0.1) is 5.92 Å². The summed E-state index contributed by atoms with van der Waals surface area (Å²) < 4.78 is 0. The molecule has 31 heavy (non-hydrogen) atoms. The lowest BCUT2D eigenvalue weighted by atomic mass is 9.83. The van der Waals surface area contributed by atoms with Crippen LogP contribution in [0.15, 0.2) is 54.6 Å². The molecule has 0 aliphatic heterocycles. The van der Waals surface area contributed by atoms with Gasteiger partial charge in [-0.15, -0.1) is 0 Å². The van der Waals surface area contributed by atoms with E-state index in [1.807, 2.05) is 18.2 Å². The standard InChI is InChI=1S/C29H36O2/c1-3-5-7-9-22-11-15-24(16-12-22)26-19-20-27(29(30)31)28(21-26)25-17-13-23(14-18-25)10-8-6-4-2/h8,10,13-15,17-22H,3-7,9,11-12,16H2,1-2H3,(H,30,31)/b10-8+. The Labute approximate surface area is 187 Å². The molecule has 0 saturated heterocycles. The molecule has 2 nitrogen and oxygen atoms in total. The fourth-order valence-electron chi connectivity index (χ4n) is 4.43. The monoisotopic (exact) mass is 416 g/mol. The highest BCUT2D eigenvalue weighted by Gasteiger charge is 2.18. The number of allylic oxidation sites excluding steroid dienone is 3. The fraction of sp³-hybridized carbons (Fsp3) is 0.414. The first-order valence-electron chi connectivity index (χ1n) is 12.0. The van der Waals surface area contributed by atoms with Gasteiger partial charge in [-0.05, 0) is 71.6 Å². The van der Waals surface area contributed by atoms with Crippen LogP contribution in [0.3, 0.4) is 0 Å². The van der Waals surface area contributed by atoms with Gasteiger partial charge in [0.1, 0.15) is 0 Å². The van der Waals surface area contributed by atoms with E-state index < -0.39 is 5.97 Å². The summed E-state index contributed by atoms with van der Waals surface area (Å²) in [4.78, 5) is 11.9. The summed E-state index contributed by atoms with van der Waals surface area (Å²) in [6.07, 6.45) is 17.7. The van der Waals surface area contributed by atoms with Gasteiger partial charge in [-0.2, -0.15) is 0 Å². The maximum atomic E-state index is 11.9. The van der Waals surface area contributed by atoms with Gasteiger partial charge in [0.25, 0.3) is 0 Å². The van der Waals surface area contributed by atoms with E-state index in [0.717, 1.165) is 48.3 Å². The van der Waals surface area contributed by atoms with Gasteiger partial charge in [-0.3, -0.25) is 0 Å². The molecular formula is C29H36O2. The van der Waals surface area contributed by atoms with Crippen LogP contribution in [0.25, 0.3) is 22.8 Å². The first-order valence-corrected chi connectivity index (χ1v) is 12.0. The third-order valence-corrected chi connectivity index (χ3v) is 6.34. The van der Waals surface area contributed by atoms with Crippen molar-refractivity contribution in [2.75, 3.05) is 0 Å². The zero-order chi connectivity index (χ0) is 22.1. The zero-order valence-corrected chi connectivity index (χ0v) is 19.1. The highest BCUT2D eigenvalue weighted by atomic mass is 16.4. The van der Waals surface area contributed by atoms with Crippen LogP contribution in [0.2, 0.25) is 0 Å². The van der Waals surface area contributed by atoms with Crippen LogP contribution < -0.4 is 0 Å². The van der Waals surface area contributed by atoms with Crippen LogP contribution in [-0.4, -0.2) is 11.1 Å². The van der Waals surface area contributed by atoms with Gasteiger partial charge in [-0.1, -0.05) is 94.5 Å². The van der Waals surface area contributed by atoms with Crippen molar-refractivity contribution < 1.29 is 9.90 Å². The molecule has 0 aromatic heterocycles. The summed E-state index contributed by atoms with van der Waals surface area (Å²) in [5.74, 6) is -0.0662. The van der Waals surface area contributed by atoms with Gasteiger partial charge in [0.05, 0.1) is 5.56 Å². The van der Waals surface area contributed by atoms with E-state index >= 15 is 0 Å². The highest BCUT2D eigenvalue weighted by molar-refractivity contribution is 5.97. The van der Waals surface area contributed by atoms with Crippen LogP contribution in [0.1, 0.15) is 93.1 Å². The number of hydrogen-bond donors (Lipinski definition) is 1. The minimum Gasteiger partial charge on any atom is -0.478 e. The molecule has 2 heteroatoms. The second-order valence-corrected chi connectivity index (χ2v) is 8.74. The van der Waals surface area contributed by atoms with E-state index in [-0.39, 0.29) is 0 Å². The number of unbranched alkanes of at least 4 members (excludes halogenated alkanes) is 3. The van der Waals surface area contributed by atoms with Crippen LogP contribution in [-0.2, 0) is 0 Å². The molecule has 2 aromatic carbocycles. The Hall–Kier alpha value is -2.61. The zero-order valence-electron chi connectivity index (χ0n) is 19.1. The lowest BCUT2D eigenvalue weighted by Crippen LogP contribution is -2.06. The summed E-state index contributed by atoms with van der Waals surface area (Å²) in [7, 11) is 0. The smallest absolute Gasteiger partial charge is 0.336 e. The maximum Gasteiger partial charge on any atom is 0.336 e. The third-order valence-electron chi connectivity index (χ3n) is 6.34. The summed E-state index contributed by atoms with van der Waals surface area (Å²) in [6, 6.07) is 14.1. The Kier molecular flexibility index (Phi) is 8.70. The molecular weight excluding hydrogens is 380 g/mol.